The van der Waals surface area contributed by atoms with E-state index in [1.807, 2.05) is 42.5 Å². The van der Waals surface area contributed by atoms with Crippen molar-refractivity contribution in [3.05, 3.63) is 126 Å². The van der Waals surface area contributed by atoms with Crippen LogP contribution in [0.4, 0.5) is 0 Å². The van der Waals surface area contributed by atoms with Gasteiger partial charge in [-0.25, -0.2) is 0 Å². The van der Waals surface area contributed by atoms with Crippen molar-refractivity contribution in [3.8, 4) is 11.5 Å². The molecule has 48 heavy (non-hydrogen) atoms. The number of fused-ring (bicyclic) bond motifs is 2. The van der Waals surface area contributed by atoms with Crippen LogP contribution in [-0.4, -0.2) is 28.2 Å². The quantitative estimate of drug-likeness (QED) is 0.154. The third kappa shape index (κ3) is 10.5. The van der Waals surface area contributed by atoms with E-state index in [0.717, 1.165) is 62.4 Å². The number of alkyl halides is 1. The smallest absolute Gasteiger partial charge is 0.163 e. The summed E-state index contributed by atoms with van der Waals surface area (Å²) in [4.78, 5) is 45.8. The highest BCUT2D eigenvalue weighted by Crippen LogP contribution is 2.28. The average molecular weight is 799 g/mol. The lowest BCUT2D eigenvalue weighted by Crippen LogP contribution is -2.11. The number of halogens is 3. The van der Waals surface area contributed by atoms with Crippen LogP contribution >= 0.6 is 43.5 Å². The van der Waals surface area contributed by atoms with Crippen molar-refractivity contribution in [1.82, 2.24) is 0 Å². The van der Waals surface area contributed by atoms with Gasteiger partial charge in [0.25, 0.3) is 0 Å². The highest BCUT2D eigenvalue weighted by atomic mass is 79.9. The van der Waals surface area contributed by atoms with E-state index in [1.54, 1.807) is 44.2 Å². The van der Waals surface area contributed by atoms with Crippen LogP contribution < -0.4 is 4.74 Å². The van der Waals surface area contributed by atoms with E-state index >= 15 is 0 Å². The number of hydrogen-bond acceptors (Lipinski definition) is 6. The second-order valence-electron chi connectivity index (χ2n) is 11.4. The Labute approximate surface area is 304 Å². The molecule has 0 saturated heterocycles. The highest BCUT2D eigenvalue weighted by molar-refractivity contribution is 9.10. The van der Waals surface area contributed by atoms with Gasteiger partial charge < -0.3 is 9.84 Å². The van der Waals surface area contributed by atoms with E-state index in [1.165, 1.54) is 0 Å². The van der Waals surface area contributed by atoms with Crippen LogP contribution in [0.5, 0.6) is 11.5 Å². The van der Waals surface area contributed by atoms with Crippen molar-refractivity contribution >= 4 is 66.6 Å². The number of ether oxygens (including phenoxy) is 1. The van der Waals surface area contributed by atoms with Gasteiger partial charge in [0.2, 0.25) is 0 Å². The largest absolute Gasteiger partial charge is 0.508 e. The Morgan fingerprint density at radius 1 is 0.708 bits per heavy atom. The summed E-state index contributed by atoms with van der Waals surface area (Å²) in [7, 11) is 0. The molecule has 0 saturated carbocycles. The predicted molar refractivity (Wildman–Crippen MR) is 198 cm³/mol. The molecule has 2 aliphatic carbocycles. The molecule has 4 aromatic rings. The first-order valence-corrected chi connectivity index (χ1v) is 17.4. The van der Waals surface area contributed by atoms with Gasteiger partial charge in [-0.15, -0.1) is 11.6 Å². The SMILES string of the molecule is C.CC(=O)c1ccc(Br)c(CCl)c1.CC(=O)c1ccc(Br)c(COc2ccc3c(c2)C(=O)CCC3)c1.O=C1CCCc2ccc(O)cc21. The molecule has 252 valence electrons. The number of aryl methyl sites for hydroxylation is 2. The zero-order valence-corrected chi connectivity index (χ0v) is 30.1. The monoisotopic (exact) mass is 796 g/mol. The van der Waals surface area contributed by atoms with Gasteiger partial charge in [-0.2, -0.15) is 0 Å². The number of benzene rings is 4. The summed E-state index contributed by atoms with van der Waals surface area (Å²) in [6, 6.07) is 21.6. The highest BCUT2D eigenvalue weighted by Gasteiger charge is 2.18. The van der Waals surface area contributed by atoms with Crippen molar-refractivity contribution in [2.45, 2.75) is 72.3 Å². The summed E-state index contributed by atoms with van der Waals surface area (Å²) in [6.45, 7) is 3.43. The maximum absolute atomic E-state index is 12.0. The van der Waals surface area contributed by atoms with E-state index in [9.17, 15) is 19.2 Å². The Hall–Kier alpha value is -3.59. The van der Waals surface area contributed by atoms with Crippen LogP contribution in [0.25, 0.3) is 0 Å². The fourth-order valence-electron chi connectivity index (χ4n) is 5.27. The number of Topliss-reactive ketones (excluding diaryl/α,β-unsaturated/α-hetero) is 4. The van der Waals surface area contributed by atoms with Gasteiger partial charge in [0.1, 0.15) is 18.1 Å². The molecule has 2 aliphatic rings. The molecule has 0 heterocycles. The molecule has 0 unspecified atom stereocenters. The maximum Gasteiger partial charge on any atom is 0.163 e. The lowest BCUT2D eigenvalue weighted by atomic mass is 9.90. The Bertz CT molecular complexity index is 1820. The summed E-state index contributed by atoms with van der Waals surface area (Å²) in [6.07, 6.45) is 5.02. The van der Waals surface area contributed by atoms with Gasteiger partial charge >= 0.3 is 0 Å². The second-order valence-corrected chi connectivity index (χ2v) is 13.3. The first-order valence-electron chi connectivity index (χ1n) is 15.3. The summed E-state index contributed by atoms with van der Waals surface area (Å²) < 4.78 is 7.67. The number of rotatable bonds is 6. The van der Waals surface area contributed by atoms with Gasteiger partial charge in [0, 0.05) is 55.5 Å². The van der Waals surface area contributed by atoms with E-state index in [4.69, 9.17) is 21.4 Å². The van der Waals surface area contributed by atoms with Crippen LogP contribution in [0.15, 0.2) is 81.7 Å². The summed E-state index contributed by atoms with van der Waals surface area (Å²) in [5, 5.41) is 9.15. The van der Waals surface area contributed by atoms with Gasteiger partial charge in [0.15, 0.2) is 23.1 Å². The average Bonchev–Trinajstić information content (AvgIpc) is 3.05. The molecule has 6 rings (SSSR count). The van der Waals surface area contributed by atoms with Crippen molar-refractivity contribution in [2.75, 3.05) is 0 Å². The van der Waals surface area contributed by atoms with E-state index in [0.29, 0.717) is 47.8 Å². The molecule has 0 bridgehead atoms. The molecule has 0 aromatic heterocycles. The third-order valence-corrected chi connectivity index (χ3v) is 9.75. The summed E-state index contributed by atoms with van der Waals surface area (Å²) in [5.74, 6) is 1.72. The van der Waals surface area contributed by atoms with E-state index < -0.39 is 0 Å². The molecule has 4 aromatic carbocycles. The van der Waals surface area contributed by atoms with Gasteiger partial charge in [-0.3, -0.25) is 19.2 Å². The lowest BCUT2D eigenvalue weighted by molar-refractivity contribution is 0.0964. The standard InChI is InChI=1S/C19H17BrO3.C10H10O2.C9H8BrClO.CH4/c1-12(21)14-6-8-18(20)15(9-14)11-23-16-7-5-13-3-2-4-19(22)17(13)10-16;11-8-5-4-7-2-1-3-10(12)9(7)6-8;1-6(12)7-2-3-9(10)8(4-7)5-11;/h5-10H,2-4,11H2,1H3;4-6,11H,1-3H2;2-4H,5H2,1H3;1H4. The molecule has 0 aliphatic heterocycles. The number of carbonyl (C=O) groups excluding carboxylic acids is 4. The first kappa shape index (κ1) is 38.9. The number of carbonyl (C=O) groups is 4. The zero-order chi connectivity index (χ0) is 34.1. The fraction of sp³-hybridized carbons (Fsp3) is 0.282. The number of phenols is 1. The third-order valence-electron chi connectivity index (χ3n) is 7.92. The Morgan fingerprint density at radius 3 is 1.75 bits per heavy atom. The van der Waals surface area contributed by atoms with Gasteiger partial charge in [-0.05, 0) is 105 Å². The number of hydrogen-bond donors (Lipinski definition) is 1. The summed E-state index contributed by atoms with van der Waals surface area (Å²) in [5.41, 5.74) is 6.89. The zero-order valence-electron chi connectivity index (χ0n) is 26.2. The first-order chi connectivity index (χ1) is 22.5. The van der Waals surface area contributed by atoms with E-state index in [-0.39, 0.29) is 36.3 Å². The molecule has 0 spiro atoms. The van der Waals surface area contributed by atoms with Gasteiger partial charge in [-0.1, -0.05) is 63.6 Å². The van der Waals surface area contributed by atoms with Crippen LogP contribution in [0, 0.1) is 0 Å². The maximum atomic E-state index is 12.0. The fourth-order valence-corrected chi connectivity index (χ4v) is 6.41. The molecular formula is C39H39Br2ClO6. The molecule has 0 fully saturated rings. The van der Waals surface area contributed by atoms with Crippen LogP contribution in [0.2, 0.25) is 0 Å². The number of phenolic OH excluding ortho intramolecular Hbond substituents is 1. The Balaban J connectivity index is 0.000000212. The second kappa shape index (κ2) is 18.2. The molecule has 1 N–H and O–H groups in total. The Kier molecular flexibility index (Phi) is 14.8. The molecule has 0 atom stereocenters. The van der Waals surface area contributed by atoms with Crippen molar-refractivity contribution in [3.63, 3.8) is 0 Å². The minimum atomic E-state index is 0. The number of ketones is 4. The molecule has 6 nitrogen and oxygen atoms in total. The van der Waals surface area contributed by atoms with Crippen molar-refractivity contribution in [2.24, 2.45) is 0 Å². The van der Waals surface area contributed by atoms with Crippen LogP contribution in [-0.2, 0) is 25.3 Å². The van der Waals surface area contributed by atoms with Gasteiger partial charge in [0.05, 0.1) is 0 Å². The van der Waals surface area contributed by atoms with Crippen molar-refractivity contribution < 1.29 is 29.0 Å². The molecular weight excluding hydrogens is 760 g/mol. The van der Waals surface area contributed by atoms with Crippen LogP contribution in [0.3, 0.4) is 0 Å². The normalized spacial score (nSPS) is 12.9. The predicted octanol–water partition coefficient (Wildman–Crippen LogP) is 10.7. The summed E-state index contributed by atoms with van der Waals surface area (Å²) >= 11 is 12.5. The molecule has 9 heteroatoms. The van der Waals surface area contributed by atoms with E-state index in [2.05, 4.69) is 31.9 Å². The van der Waals surface area contributed by atoms with Crippen molar-refractivity contribution in [1.29, 1.82) is 0 Å². The minimum absolute atomic E-state index is 0. The topological polar surface area (TPSA) is 97.7 Å². The Morgan fingerprint density at radius 2 is 1.21 bits per heavy atom. The lowest BCUT2D eigenvalue weighted by Gasteiger charge is -2.16. The van der Waals surface area contributed by atoms with Crippen LogP contribution in [0.1, 0.15) is 111 Å². The molecule has 0 amide bonds. The molecule has 0 radical (unpaired) electrons. The number of aromatic hydroxyl groups is 1. The minimum Gasteiger partial charge on any atom is -0.508 e.